The summed E-state index contributed by atoms with van der Waals surface area (Å²) >= 11 is 1.63. The predicted octanol–water partition coefficient (Wildman–Crippen LogP) is 4.09. The smallest absolute Gasteiger partial charge is 0.258 e. The molecule has 0 saturated carbocycles. The molecule has 0 fully saturated rings. The molecule has 0 aromatic heterocycles. The molecule has 4 heteroatoms. The molecule has 0 spiro atoms. The SMILES string of the molecule is O=[N+]([O-])c1ccc(SC2=CC=CC=CC2)cc1. The lowest BCUT2D eigenvalue weighted by atomic mass is 10.3. The number of rotatable bonds is 3. The van der Waals surface area contributed by atoms with Crippen molar-refractivity contribution < 1.29 is 4.92 Å². The van der Waals surface area contributed by atoms with E-state index in [0.717, 1.165) is 11.3 Å². The predicted molar refractivity (Wildman–Crippen MR) is 69.9 cm³/mol. The highest BCUT2D eigenvalue weighted by Crippen LogP contribution is 2.30. The number of nitrogens with zero attached hydrogens (tertiary/aromatic N) is 1. The van der Waals surface area contributed by atoms with Gasteiger partial charge in [-0.1, -0.05) is 42.1 Å². The Morgan fingerprint density at radius 2 is 1.88 bits per heavy atom. The van der Waals surface area contributed by atoms with Gasteiger partial charge in [0.15, 0.2) is 0 Å². The van der Waals surface area contributed by atoms with E-state index in [1.807, 2.05) is 18.2 Å². The maximum absolute atomic E-state index is 10.5. The molecule has 0 radical (unpaired) electrons. The summed E-state index contributed by atoms with van der Waals surface area (Å²) in [6.45, 7) is 0. The van der Waals surface area contributed by atoms with Gasteiger partial charge in [0.05, 0.1) is 4.92 Å². The van der Waals surface area contributed by atoms with Crippen molar-refractivity contribution in [2.75, 3.05) is 0 Å². The Morgan fingerprint density at radius 1 is 1.12 bits per heavy atom. The van der Waals surface area contributed by atoms with Gasteiger partial charge in [-0.05, 0) is 23.5 Å². The minimum absolute atomic E-state index is 0.129. The number of hydrogen-bond donors (Lipinski definition) is 0. The first-order chi connectivity index (χ1) is 8.25. The summed E-state index contributed by atoms with van der Waals surface area (Å²) in [5, 5.41) is 10.5. The summed E-state index contributed by atoms with van der Waals surface area (Å²) in [6.07, 6.45) is 11.1. The Bertz CT molecular complexity index is 501. The number of nitro benzene ring substituents is 1. The third kappa shape index (κ3) is 3.32. The highest BCUT2D eigenvalue weighted by Gasteiger charge is 2.05. The van der Waals surface area contributed by atoms with Gasteiger partial charge in [0.1, 0.15) is 0 Å². The molecule has 17 heavy (non-hydrogen) atoms. The zero-order chi connectivity index (χ0) is 12.1. The van der Waals surface area contributed by atoms with Crippen LogP contribution >= 0.6 is 11.8 Å². The van der Waals surface area contributed by atoms with E-state index >= 15 is 0 Å². The van der Waals surface area contributed by atoms with Crippen molar-refractivity contribution in [3.8, 4) is 0 Å². The van der Waals surface area contributed by atoms with Gasteiger partial charge in [0.25, 0.3) is 5.69 Å². The molecule has 0 aliphatic heterocycles. The lowest BCUT2D eigenvalue weighted by molar-refractivity contribution is -0.384. The van der Waals surface area contributed by atoms with Crippen LogP contribution in [0.2, 0.25) is 0 Å². The first-order valence-corrected chi connectivity index (χ1v) is 6.02. The second kappa shape index (κ2) is 5.50. The second-order valence-corrected chi connectivity index (χ2v) is 4.70. The van der Waals surface area contributed by atoms with Crippen LogP contribution in [0.1, 0.15) is 6.42 Å². The van der Waals surface area contributed by atoms with Gasteiger partial charge in [-0.3, -0.25) is 10.1 Å². The highest BCUT2D eigenvalue weighted by molar-refractivity contribution is 8.03. The molecule has 1 aliphatic rings. The van der Waals surface area contributed by atoms with Crippen molar-refractivity contribution in [3.63, 3.8) is 0 Å². The Hall–Kier alpha value is -1.81. The molecule has 0 unspecified atom stereocenters. The van der Waals surface area contributed by atoms with Gasteiger partial charge >= 0.3 is 0 Å². The van der Waals surface area contributed by atoms with Crippen LogP contribution in [0.4, 0.5) is 5.69 Å². The van der Waals surface area contributed by atoms with Crippen LogP contribution in [-0.2, 0) is 0 Å². The van der Waals surface area contributed by atoms with Crippen LogP contribution in [0.15, 0.2) is 64.4 Å². The summed E-state index contributed by atoms with van der Waals surface area (Å²) in [5.41, 5.74) is 0.129. The molecule has 86 valence electrons. The summed E-state index contributed by atoms with van der Waals surface area (Å²) in [4.78, 5) is 12.4. The number of hydrogen-bond acceptors (Lipinski definition) is 3. The average molecular weight is 245 g/mol. The van der Waals surface area contributed by atoms with Crippen molar-refractivity contribution in [2.45, 2.75) is 11.3 Å². The third-order valence-corrected chi connectivity index (χ3v) is 3.33. The van der Waals surface area contributed by atoms with Gasteiger partial charge in [-0.25, -0.2) is 0 Å². The van der Waals surface area contributed by atoms with Crippen LogP contribution in [0.3, 0.4) is 0 Å². The third-order valence-electron chi connectivity index (χ3n) is 2.26. The van der Waals surface area contributed by atoms with E-state index in [2.05, 4.69) is 12.2 Å². The monoisotopic (exact) mass is 245 g/mol. The minimum atomic E-state index is -0.384. The molecule has 1 aromatic rings. The number of benzene rings is 1. The highest BCUT2D eigenvalue weighted by atomic mass is 32.2. The van der Waals surface area contributed by atoms with Crippen LogP contribution in [0, 0.1) is 10.1 Å². The maximum Gasteiger partial charge on any atom is 0.269 e. The molecule has 0 N–H and O–H groups in total. The molecule has 0 saturated heterocycles. The fourth-order valence-corrected chi connectivity index (χ4v) is 2.32. The number of nitro groups is 1. The van der Waals surface area contributed by atoms with Crippen LogP contribution in [-0.4, -0.2) is 4.92 Å². The van der Waals surface area contributed by atoms with Crippen molar-refractivity contribution in [1.29, 1.82) is 0 Å². The Balaban J connectivity index is 2.08. The zero-order valence-corrected chi connectivity index (χ0v) is 9.89. The van der Waals surface area contributed by atoms with E-state index < -0.39 is 0 Å². The zero-order valence-electron chi connectivity index (χ0n) is 9.08. The summed E-state index contributed by atoms with van der Waals surface area (Å²) < 4.78 is 0. The van der Waals surface area contributed by atoms with E-state index in [9.17, 15) is 10.1 Å². The van der Waals surface area contributed by atoms with E-state index in [1.165, 1.54) is 17.0 Å². The lowest BCUT2D eigenvalue weighted by Gasteiger charge is -2.03. The second-order valence-electron chi connectivity index (χ2n) is 3.50. The van der Waals surface area contributed by atoms with E-state index in [4.69, 9.17) is 0 Å². The molecule has 0 bridgehead atoms. The standard InChI is InChI=1S/C13H11NO2S/c15-14(16)11-7-9-13(10-8-11)17-12-5-3-1-2-4-6-12/h1-5,7-10H,6H2. The fourth-order valence-electron chi connectivity index (χ4n) is 1.42. The largest absolute Gasteiger partial charge is 0.269 e. The number of thioether (sulfide) groups is 1. The van der Waals surface area contributed by atoms with E-state index in [1.54, 1.807) is 23.9 Å². The number of allylic oxidation sites excluding steroid dienone is 6. The van der Waals surface area contributed by atoms with Crippen molar-refractivity contribution in [2.24, 2.45) is 0 Å². The topological polar surface area (TPSA) is 43.1 Å². The molecule has 3 nitrogen and oxygen atoms in total. The molecular weight excluding hydrogens is 234 g/mol. The molecule has 0 heterocycles. The van der Waals surface area contributed by atoms with Gasteiger partial charge < -0.3 is 0 Å². The van der Waals surface area contributed by atoms with Crippen LogP contribution < -0.4 is 0 Å². The molecule has 0 amide bonds. The minimum Gasteiger partial charge on any atom is -0.258 e. The van der Waals surface area contributed by atoms with Gasteiger partial charge in [-0.2, -0.15) is 0 Å². The first kappa shape index (κ1) is 11.7. The quantitative estimate of drug-likeness (QED) is 0.595. The van der Waals surface area contributed by atoms with Crippen molar-refractivity contribution in [3.05, 3.63) is 69.7 Å². The van der Waals surface area contributed by atoms with Gasteiger partial charge in [0, 0.05) is 17.0 Å². The summed E-state index contributed by atoms with van der Waals surface area (Å²) in [7, 11) is 0. The number of non-ortho nitro benzene ring substituents is 1. The van der Waals surface area contributed by atoms with Crippen molar-refractivity contribution in [1.82, 2.24) is 0 Å². The average Bonchev–Trinajstić information content (AvgIpc) is 2.58. The molecule has 1 aliphatic carbocycles. The maximum atomic E-state index is 10.5. The van der Waals surface area contributed by atoms with Crippen LogP contribution in [0.25, 0.3) is 0 Å². The molecular formula is C13H11NO2S. The van der Waals surface area contributed by atoms with Crippen LogP contribution in [0.5, 0.6) is 0 Å². The Morgan fingerprint density at radius 3 is 2.59 bits per heavy atom. The van der Waals surface area contributed by atoms with E-state index in [0.29, 0.717) is 0 Å². The van der Waals surface area contributed by atoms with Gasteiger partial charge in [-0.15, -0.1) is 0 Å². The van der Waals surface area contributed by atoms with Crippen molar-refractivity contribution >= 4 is 17.4 Å². The lowest BCUT2D eigenvalue weighted by Crippen LogP contribution is -1.86. The first-order valence-electron chi connectivity index (χ1n) is 5.20. The fraction of sp³-hybridized carbons (Fsp3) is 0.0769. The Kier molecular flexibility index (Phi) is 3.77. The summed E-state index contributed by atoms with van der Waals surface area (Å²) in [5.74, 6) is 0. The molecule has 1 aromatic carbocycles. The van der Waals surface area contributed by atoms with Gasteiger partial charge in [0.2, 0.25) is 0 Å². The molecule has 2 rings (SSSR count). The summed E-state index contributed by atoms with van der Waals surface area (Å²) in [6, 6.07) is 6.63. The molecule has 0 atom stereocenters. The van der Waals surface area contributed by atoms with E-state index in [-0.39, 0.29) is 10.6 Å². The Labute approximate surface area is 104 Å². The normalized spacial score (nSPS) is 14.2.